The Morgan fingerprint density at radius 3 is 2.73 bits per heavy atom. The first-order valence-corrected chi connectivity index (χ1v) is 4.23. The SMILES string of the molecule is CCC1CCN(CC(F)F)C1. The Balaban J connectivity index is 2.19. The fourth-order valence-electron chi connectivity index (χ4n) is 1.61. The summed E-state index contributed by atoms with van der Waals surface area (Å²) >= 11 is 0. The van der Waals surface area contributed by atoms with Gasteiger partial charge in [0, 0.05) is 6.54 Å². The summed E-state index contributed by atoms with van der Waals surface area (Å²) in [5.41, 5.74) is 0. The van der Waals surface area contributed by atoms with E-state index in [4.69, 9.17) is 0 Å². The monoisotopic (exact) mass is 163 g/mol. The molecule has 0 aromatic carbocycles. The Morgan fingerprint density at radius 1 is 1.55 bits per heavy atom. The smallest absolute Gasteiger partial charge is 0.251 e. The van der Waals surface area contributed by atoms with Crippen LogP contribution >= 0.6 is 0 Å². The Labute approximate surface area is 66.4 Å². The van der Waals surface area contributed by atoms with Crippen molar-refractivity contribution in [3.05, 3.63) is 0 Å². The van der Waals surface area contributed by atoms with E-state index in [0.29, 0.717) is 5.92 Å². The fourth-order valence-corrected chi connectivity index (χ4v) is 1.61. The van der Waals surface area contributed by atoms with Gasteiger partial charge in [0.25, 0.3) is 6.43 Å². The molecule has 0 aromatic rings. The largest absolute Gasteiger partial charge is 0.297 e. The summed E-state index contributed by atoms with van der Waals surface area (Å²) in [7, 11) is 0. The van der Waals surface area contributed by atoms with E-state index >= 15 is 0 Å². The highest BCUT2D eigenvalue weighted by molar-refractivity contribution is 4.74. The molecule has 1 atom stereocenters. The van der Waals surface area contributed by atoms with Gasteiger partial charge in [0.05, 0.1) is 6.54 Å². The third-order valence-corrected chi connectivity index (χ3v) is 2.34. The Hall–Kier alpha value is -0.180. The summed E-state index contributed by atoms with van der Waals surface area (Å²) in [6.45, 7) is 3.83. The molecule has 0 aromatic heterocycles. The molecule has 0 radical (unpaired) electrons. The lowest BCUT2D eigenvalue weighted by atomic mass is 10.1. The lowest BCUT2D eigenvalue weighted by Gasteiger charge is -2.14. The van der Waals surface area contributed by atoms with Gasteiger partial charge in [-0.15, -0.1) is 0 Å². The molecular weight excluding hydrogens is 148 g/mol. The van der Waals surface area contributed by atoms with Gasteiger partial charge >= 0.3 is 0 Å². The second kappa shape index (κ2) is 4.00. The molecule has 1 unspecified atom stereocenters. The van der Waals surface area contributed by atoms with Gasteiger partial charge in [-0.3, -0.25) is 4.90 Å². The first-order valence-electron chi connectivity index (χ1n) is 4.23. The Bertz CT molecular complexity index is 117. The Morgan fingerprint density at radius 2 is 2.27 bits per heavy atom. The molecule has 0 amide bonds. The van der Waals surface area contributed by atoms with Crippen molar-refractivity contribution in [1.82, 2.24) is 4.90 Å². The van der Waals surface area contributed by atoms with Crippen molar-refractivity contribution in [2.75, 3.05) is 19.6 Å². The molecule has 66 valence electrons. The van der Waals surface area contributed by atoms with Crippen molar-refractivity contribution in [2.24, 2.45) is 5.92 Å². The van der Waals surface area contributed by atoms with Crippen LogP contribution in [0.2, 0.25) is 0 Å². The van der Waals surface area contributed by atoms with E-state index < -0.39 is 6.43 Å². The second-order valence-corrected chi connectivity index (χ2v) is 3.21. The van der Waals surface area contributed by atoms with E-state index in [2.05, 4.69) is 6.92 Å². The predicted molar refractivity (Wildman–Crippen MR) is 40.8 cm³/mol. The fraction of sp³-hybridized carbons (Fsp3) is 1.00. The van der Waals surface area contributed by atoms with Crippen molar-refractivity contribution in [1.29, 1.82) is 0 Å². The summed E-state index contributed by atoms with van der Waals surface area (Å²) in [6.07, 6.45) is 0.0637. The third kappa shape index (κ3) is 2.73. The van der Waals surface area contributed by atoms with Crippen LogP contribution in [0.4, 0.5) is 8.78 Å². The van der Waals surface area contributed by atoms with Gasteiger partial charge < -0.3 is 0 Å². The van der Waals surface area contributed by atoms with Crippen LogP contribution in [0.3, 0.4) is 0 Å². The number of likely N-dealkylation sites (tertiary alicyclic amines) is 1. The summed E-state index contributed by atoms with van der Waals surface area (Å²) in [4.78, 5) is 1.86. The highest BCUT2D eigenvalue weighted by atomic mass is 19.3. The van der Waals surface area contributed by atoms with Gasteiger partial charge in [-0.05, 0) is 18.9 Å². The molecule has 1 fully saturated rings. The molecule has 0 bridgehead atoms. The van der Waals surface area contributed by atoms with Crippen LogP contribution < -0.4 is 0 Å². The van der Waals surface area contributed by atoms with Crippen molar-refractivity contribution >= 4 is 0 Å². The molecule has 0 saturated carbocycles. The second-order valence-electron chi connectivity index (χ2n) is 3.21. The van der Waals surface area contributed by atoms with Crippen molar-refractivity contribution < 1.29 is 8.78 Å². The highest BCUT2D eigenvalue weighted by Gasteiger charge is 2.22. The molecule has 1 rings (SSSR count). The minimum Gasteiger partial charge on any atom is -0.297 e. The van der Waals surface area contributed by atoms with Gasteiger partial charge in [0.1, 0.15) is 0 Å². The molecule has 0 N–H and O–H groups in total. The van der Waals surface area contributed by atoms with Crippen LogP contribution in [0, 0.1) is 5.92 Å². The number of alkyl halides is 2. The molecule has 1 saturated heterocycles. The number of nitrogens with zero attached hydrogens (tertiary/aromatic N) is 1. The van der Waals surface area contributed by atoms with Crippen molar-refractivity contribution in [3.8, 4) is 0 Å². The van der Waals surface area contributed by atoms with Crippen LogP contribution in [0.1, 0.15) is 19.8 Å². The molecule has 1 heterocycles. The van der Waals surface area contributed by atoms with Gasteiger partial charge in [0.2, 0.25) is 0 Å². The van der Waals surface area contributed by atoms with Crippen LogP contribution in [0.25, 0.3) is 0 Å². The first-order chi connectivity index (χ1) is 5.22. The van der Waals surface area contributed by atoms with E-state index in [-0.39, 0.29) is 6.54 Å². The molecule has 0 aliphatic carbocycles. The third-order valence-electron chi connectivity index (χ3n) is 2.34. The first kappa shape index (κ1) is 8.91. The van der Waals surface area contributed by atoms with Gasteiger partial charge in [-0.1, -0.05) is 13.3 Å². The normalized spacial score (nSPS) is 26.7. The number of rotatable bonds is 3. The van der Waals surface area contributed by atoms with Crippen molar-refractivity contribution in [2.45, 2.75) is 26.2 Å². The van der Waals surface area contributed by atoms with Gasteiger partial charge in [-0.2, -0.15) is 0 Å². The Kier molecular flexibility index (Phi) is 3.24. The van der Waals surface area contributed by atoms with Crippen LogP contribution in [-0.2, 0) is 0 Å². The van der Waals surface area contributed by atoms with Crippen LogP contribution in [-0.4, -0.2) is 31.0 Å². The van der Waals surface area contributed by atoms with E-state index in [1.807, 2.05) is 4.90 Å². The maximum atomic E-state index is 11.9. The molecular formula is C8H15F2N. The molecule has 1 nitrogen and oxygen atoms in total. The summed E-state index contributed by atoms with van der Waals surface area (Å²) in [5, 5.41) is 0. The maximum Gasteiger partial charge on any atom is 0.251 e. The maximum absolute atomic E-state index is 11.9. The zero-order valence-electron chi connectivity index (χ0n) is 6.89. The molecule has 0 spiro atoms. The van der Waals surface area contributed by atoms with Gasteiger partial charge in [-0.25, -0.2) is 8.78 Å². The summed E-state index contributed by atoms with van der Waals surface area (Å²) < 4.78 is 23.8. The average Bonchev–Trinajstić information content (AvgIpc) is 2.34. The standard InChI is InChI=1S/C8H15F2N/c1-2-7-3-4-11(5-7)6-8(9)10/h7-8H,2-6H2,1H3. The van der Waals surface area contributed by atoms with E-state index in [9.17, 15) is 8.78 Å². The predicted octanol–water partition coefficient (Wildman–Crippen LogP) is 1.98. The minimum atomic E-state index is -2.16. The lowest BCUT2D eigenvalue weighted by Crippen LogP contribution is -2.26. The van der Waals surface area contributed by atoms with E-state index in [0.717, 1.165) is 25.9 Å². The lowest BCUT2D eigenvalue weighted by molar-refractivity contribution is 0.0978. The highest BCUT2D eigenvalue weighted by Crippen LogP contribution is 2.19. The summed E-state index contributed by atoms with van der Waals surface area (Å²) in [5.74, 6) is 0.661. The van der Waals surface area contributed by atoms with Gasteiger partial charge in [0.15, 0.2) is 0 Å². The number of hydrogen-bond donors (Lipinski definition) is 0. The zero-order chi connectivity index (χ0) is 8.27. The molecule has 1 aliphatic heterocycles. The van der Waals surface area contributed by atoms with Crippen LogP contribution in [0.15, 0.2) is 0 Å². The number of hydrogen-bond acceptors (Lipinski definition) is 1. The van der Waals surface area contributed by atoms with Crippen molar-refractivity contribution in [3.63, 3.8) is 0 Å². The van der Waals surface area contributed by atoms with E-state index in [1.165, 1.54) is 0 Å². The quantitative estimate of drug-likeness (QED) is 0.615. The molecule has 3 heteroatoms. The summed E-state index contributed by atoms with van der Waals surface area (Å²) in [6, 6.07) is 0. The zero-order valence-corrected chi connectivity index (χ0v) is 6.89. The molecule has 11 heavy (non-hydrogen) atoms. The minimum absolute atomic E-state index is 0.0312. The average molecular weight is 163 g/mol. The number of halogens is 2. The topological polar surface area (TPSA) is 3.24 Å². The molecule has 1 aliphatic rings. The van der Waals surface area contributed by atoms with Crippen LogP contribution in [0.5, 0.6) is 0 Å². The van der Waals surface area contributed by atoms with E-state index in [1.54, 1.807) is 0 Å².